The largest absolute Gasteiger partial charge is 0.453 e. The lowest BCUT2D eigenvalue weighted by atomic mass is 10.3. The van der Waals surface area contributed by atoms with Crippen molar-refractivity contribution in [3.63, 3.8) is 0 Å². The Morgan fingerprint density at radius 3 is 2.75 bits per heavy atom. The summed E-state index contributed by atoms with van der Waals surface area (Å²) in [6.45, 7) is 2.82. The van der Waals surface area contributed by atoms with Crippen LogP contribution in [0.4, 0.5) is 9.93 Å². The summed E-state index contributed by atoms with van der Waals surface area (Å²) in [7, 11) is 1.41. The number of hydrogen-bond donors (Lipinski definition) is 0. The van der Waals surface area contributed by atoms with Crippen LogP contribution in [0.25, 0.3) is 9.88 Å². The zero-order valence-corrected chi connectivity index (χ0v) is 12.6. The summed E-state index contributed by atoms with van der Waals surface area (Å²) in [6, 6.07) is 4.06. The second-order valence-corrected chi connectivity index (χ2v) is 6.21. The third kappa shape index (κ3) is 2.61. The second-order valence-electron chi connectivity index (χ2n) is 4.31. The molecule has 0 radical (unpaired) electrons. The van der Waals surface area contributed by atoms with Crippen LogP contribution in [-0.2, 0) is 4.74 Å². The Morgan fingerprint density at radius 2 is 2.10 bits per heavy atom. The van der Waals surface area contributed by atoms with Gasteiger partial charge in [-0.25, -0.2) is 4.79 Å². The molecule has 0 N–H and O–H groups in total. The van der Waals surface area contributed by atoms with E-state index in [1.807, 2.05) is 17.5 Å². The number of thiophene rings is 1. The van der Waals surface area contributed by atoms with Crippen molar-refractivity contribution < 1.29 is 9.53 Å². The minimum atomic E-state index is -0.263. The highest BCUT2D eigenvalue weighted by Crippen LogP contribution is 2.31. The standard InChI is InChI=1S/C12H14N4O2S2/c1-18-12(17)16-6-4-15(5-7-16)11-14-13-10(20-11)9-3-2-8-19-9/h2-3,8H,4-7H2,1H3. The lowest BCUT2D eigenvalue weighted by molar-refractivity contribution is 0.121. The Balaban J connectivity index is 1.65. The number of methoxy groups -OCH3 is 1. The maximum Gasteiger partial charge on any atom is 0.409 e. The number of nitrogens with zero attached hydrogens (tertiary/aromatic N) is 4. The Morgan fingerprint density at radius 1 is 1.30 bits per heavy atom. The van der Waals surface area contributed by atoms with E-state index in [0.717, 1.165) is 28.1 Å². The van der Waals surface area contributed by atoms with E-state index in [1.165, 1.54) is 7.11 Å². The van der Waals surface area contributed by atoms with Crippen molar-refractivity contribution in [3.8, 4) is 9.88 Å². The quantitative estimate of drug-likeness (QED) is 0.850. The van der Waals surface area contributed by atoms with Crippen LogP contribution in [0.5, 0.6) is 0 Å². The fourth-order valence-corrected chi connectivity index (χ4v) is 3.74. The fourth-order valence-electron chi connectivity index (χ4n) is 2.05. The molecule has 1 saturated heterocycles. The first-order valence-corrected chi connectivity index (χ1v) is 7.93. The number of amides is 1. The molecule has 1 aliphatic heterocycles. The molecule has 3 rings (SSSR count). The van der Waals surface area contributed by atoms with Crippen LogP contribution < -0.4 is 4.90 Å². The predicted molar refractivity (Wildman–Crippen MR) is 79.4 cm³/mol. The van der Waals surface area contributed by atoms with Gasteiger partial charge in [-0.2, -0.15) is 0 Å². The van der Waals surface area contributed by atoms with Gasteiger partial charge in [0, 0.05) is 26.2 Å². The number of carbonyl (C=O) groups excluding carboxylic acids is 1. The molecule has 2 aromatic rings. The van der Waals surface area contributed by atoms with Crippen LogP contribution in [0, 0.1) is 0 Å². The molecular weight excluding hydrogens is 296 g/mol. The molecule has 0 bridgehead atoms. The van der Waals surface area contributed by atoms with E-state index in [1.54, 1.807) is 27.6 Å². The van der Waals surface area contributed by atoms with Crippen LogP contribution >= 0.6 is 22.7 Å². The third-order valence-electron chi connectivity index (χ3n) is 3.13. The maximum absolute atomic E-state index is 11.4. The van der Waals surface area contributed by atoms with Gasteiger partial charge in [-0.15, -0.1) is 21.5 Å². The van der Waals surface area contributed by atoms with Crippen molar-refractivity contribution in [2.75, 3.05) is 38.2 Å². The van der Waals surface area contributed by atoms with Gasteiger partial charge in [0.1, 0.15) is 0 Å². The van der Waals surface area contributed by atoms with Gasteiger partial charge in [-0.05, 0) is 11.4 Å². The molecule has 0 aromatic carbocycles. The highest BCUT2D eigenvalue weighted by molar-refractivity contribution is 7.22. The molecule has 1 aliphatic rings. The number of piperazine rings is 1. The van der Waals surface area contributed by atoms with Crippen molar-refractivity contribution in [3.05, 3.63) is 17.5 Å². The van der Waals surface area contributed by atoms with Gasteiger partial charge < -0.3 is 14.5 Å². The van der Waals surface area contributed by atoms with Gasteiger partial charge >= 0.3 is 6.09 Å². The first-order valence-electron chi connectivity index (χ1n) is 6.23. The Hall–Kier alpha value is -1.67. The minimum Gasteiger partial charge on any atom is -0.453 e. The Bertz CT molecular complexity index is 576. The average molecular weight is 310 g/mol. The first-order chi connectivity index (χ1) is 9.78. The number of aromatic nitrogens is 2. The van der Waals surface area contributed by atoms with Crippen LogP contribution in [0.15, 0.2) is 17.5 Å². The highest BCUT2D eigenvalue weighted by atomic mass is 32.1. The molecule has 8 heteroatoms. The molecule has 3 heterocycles. The van der Waals surface area contributed by atoms with Crippen molar-refractivity contribution in [2.24, 2.45) is 0 Å². The summed E-state index contributed by atoms with van der Waals surface area (Å²) in [5, 5.41) is 12.4. The topological polar surface area (TPSA) is 58.6 Å². The zero-order chi connectivity index (χ0) is 13.9. The summed E-state index contributed by atoms with van der Waals surface area (Å²) in [4.78, 5) is 16.4. The van der Waals surface area contributed by atoms with Crippen LogP contribution in [0.2, 0.25) is 0 Å². The molecule has 106 valence electrons. The van der Waals surface area contributed by atoms with Gasteiger partial charge in [0.25, 0.3) is 0 Å². The van der Waals surface area contributed by atoms with Crippen LogP contribution in [0.1, 0.15) is 0 Å². The van der Waals surface area contributed by atoms with Crippen molar-refractivity contribution in [1.82, 2.24) is 15.1 Å². The number of hydrogen-bond acceptors (Lipinski definition) is 7. The van der Waals surface area contributed by atoms with Gasteiger partial charge in [0.2, 0.25) is 5.13 Å². The highest BCUT2D eigenvalue weighted by Gasteiger charge is 2.23. The summed E-state index contributed by atoms with van der Waals surface area (Å²) in [5.74, 6) is 0. The molecule has 0 aliphatic carbocycles. The van der Waals surface area contributed by atoms with E-state index in [-0.39, 0.29) is 6.09 Å². The number of rotatable bonds is 2. The normalized spacial score (nSPS) is 15.4. The van der Waals surface area contributed by atoms with Crippen molar-refractivity contribution in [1.29, 1.82) is 0 Å². The van der Waals surface area contributed by atoms with Gasteiger partial charge in [-0.3, -0.25) is 0 Å². The van der Waals surface area contributed by atoms with E-state index >= 15 is 0 Å². The molecule has 20 heavy (non-hydrogen) atoms. The molecule has 1 amide bonds. The third-order valence-corrected chi connectivity index (χ3v) is 5.15. The Labute approximate surface area is 124 Å². The van der Waals surface area contributed by atoms with E-state index in [9.17, 15) is 4.79 Å². The molecule has 1 fully saturated rings. The van der Waals surface area contributed by atoms with Crippen molar-refractivity contribution >= 4 is 33.9 Å². The van der Waals surface area contributed by atoms with E-state index in [0.29, 0.717) is 13.1 Å². The molecular formula is C12H14N4O2S2. The SMILES string of the molecule is COC(=O)N1CCN(c2nnc(-c3cccs3)s2)CC1. The molecule has 0 unspecified atom stereocenters. The van der Waals surface area contributed by atoms with E-state index in [2.05, 4.69) is 15.1 Å². The maximum atomic E-state index is 11.4. The van der Waals surface area contributed by atoms with Gasteiger partial charge in [0.05, 0.1) is 12.0 Å². The number of carbonyl (C=O) groups is 1. The molecule has 0 atom stereocenters. The Kier molecular flexibility index (Phi) is 3.83. The lowest BCUT2D eigenvalue weighted by Gasteiger charge is -2.33. The summed E-state index contributed by atoms with van der Waals surface area (Å²) < 4.78 is 4.73. The molecule has 0 spiro atoms. The van der Waals surface area contributed by atoms with E-state index < -0.39 is 0 Å². The van der Waals surface area contributed by atoms with E-state index in [4.69, 9.17) is 4.74 Å². The molecule has 0 saturated carbocycles. The zero-order valence-electron chi connectivity index (χ0n) is 11.0. The first kappa shape index (κ1) is 13.3. The second kappa shape index (κ2) is 5.76. The lowest BCUT2D eigenvalue weighted by Crippen LogP contribution is -2.48. The van der Waals surface area contributed by atoms with Crippen molar-refractivity contribution in [2.45, 2.75) is 0 Å². The smallest absolute Gasteiger partial charge is 0.409 e. The molecule has 2 aromatic heterocycles. The number of ether oxygens (including phenoxy) is 1. The molecule has 6 nitrogen and oxygen atoms in total. The van der Waals surface area contributed by atoms with Gasteiger partial charge in [-0.1, -0.05) is 17.4 Å². The summed E-state index contributed by atoms with van der Waals surface area (Å²) in [5.41, 5.74) is 0. The van der Waals surface area contributed by atoms with Crippen LogP contribution in [0.3, 0.4) is 0 Å². The van der Waals surface area contributed by atoms with Gasteiger partial charge in [0.15, 0.2) is 5.01 Å². The minimum absolute atomic E-state index is 0.263. The fraction of sp³-hybridized carbons (Fsp3) is 0.417. The number of anilines is 1. The average Bonchev–Trinajstić information content (AvgIpc) is 3.17. The predicted octanol–water partition coefficient (Wildman–Crippen LogP) is 2.16. The monoisotopic (exact) mass is 310 g/mol. The summed E-state index contributed by atoms with van der Waals surface area (Å²) >= 11 is 3.26. The van der Waals surface area contributed by atoms with Crippen LogP contribution in [-0.4, -0.2) is 54.5 Å². The summed E-state index contributed by atoms with van der Waals surface area (Å²) in [6.07, 6.45) is -0.263.